The van der Waals surface area contributed by atoms with E-state index >= 15 is 0 Å². The summed E-state index contributed by atoms with van der Waals surface area (Å²) < 4.78 is 0. The van der Waals surface area contributed by atoms with Crippen molar-refractivity contribution in [1.82, 2.24) is 10.5 Å². The molecular weight excluding hydrogens is 110 g/mol. The molecule has 5 nitrogen and oxygen atoms in total. The maximum Gasteiger partial charge on any atom is 0.241 e. The smallest absolute Gasteiger partial charge is 0.241 e. The van der Waals surface area contributed by atoms with E-state index in [2.05, 4.69) is 10.7 Å². The first-order valence-corrected chi connectivity index (χ1v) is 2.23. The summed E-state index contributed by atoms with van der Waals surface area (Å²) in [4.78, 5) is 19.9. The Morgan fingerprint density at radius 1 is 1.75 bits per heavy atom. The molecule has 1 N–H and O–H groups in total. The monoisotopic (exact) mass is 115 g/mol. The highest BCUT2D eigenvalue weighted by Crippen LogP contribution is 1.95. The van der Waals surface area contributed by atoms with E-state index in [1.54, 1.807) is 0 Å². The van der Waals surface area contributed by atoms with Gasteiger partial charge >= 0.3 is 0 Å². The van der Waals surface area contributed by atoms with Gasteiger partial charge in [-0.1, -0.05) is 0 Å². The molecule has 0 unspecified atom stereocenters. The van der Waals surface area contributed by atoms with Crippen molar-refractivity contribution >= 4 is 5.91 Å². The Kier molecular flexibility index (Phi) is 1.11. The number of rotatable bonds is 1. The van der Waals surface area contributed by atoms with Crippen LogP contribution in [0.15, 0.2) is 5.29 Å². The van der Waals surface area contributed by atoms with Crippen LogP contribution < -0.4 is 5.43 Å². The average Bonchev–Trinajstić information content (AvgIpc) is 2.14. The maximum atomic E-state index is 10.3. The largest absolute Gasteiger partial charge is 0.273 e. The first-order valence-electron chi connectivity index (χ1n) is 2.23. The topological polar surface area (TPSA) is 61.8 Å². The van der Waals surface area contributed by atoms with Crippen molar-refractivity contribution in [3.8, 4) is 0 Å². The summed E-state index contributed by atoms with van der Waals surface area (Å²) >= 11 is 0. The van der Waals surface area contributed by atoms with Gasteiger partial charge in [0.25, 0.3) is 0 Å². The Labute approximate surface area is 45.6 Å². The van der Waals surface area contributed by atoms with Crippen LogP contribution in [0.3, 0.4) is 0 Å². The molecule has 44 valence electrons. The Morgan fingerprint density at radius 3 is 2.75 bits per heavy atom. The summed E-state index contributed by atoms with van der Waals surface area (Å²) in [6.45, 7) is 0.391. The molecule has 0 saturated carbocycles. The summed E-state index contributed by atoms with van der Waals surface area (Å²) in [6.07, 6.45) is 0.367. The molecular formula is C3H5N3O2. The van der Waals surface area contributed by atoms with Crippen LogP contribution in [0.25, 0.3) is 0 Å². The van der Waals surface area contributed by atoms with Crippen molar-refractivity contribution in [2.75, 3.05) is 6.54 Å². The van der Waals surface area contributed by atoms with E-state index < -0.39 is 0 Å². The summed E-state index contributed by atoms with van der Waals surface area (Å²) in [6, 6.07) is 0. The van der Waals surface area contributed by atoms with Crippen LogP contribution in [-0.4, -0.2) is 17.6 Å². The third kappa shape index (κ3) is 0.749. The molecule has 0 aliphatic carbocycles. The molecule has 0 spiro atoms. The fraction of sp³-hybridized carbons (Fsp3) is 0.667. The van der Waals surface area contributed by atoms with E-state index in [4.69, 9.17) is 0 Å². The van der Waals surface area contributed by atoms with Gasteiger partial charge in [-0.25, -0.2) is 5.43 Å². The molecule has 1 fully saturated rings. The Hall–Kier alpha value is -1.13. The quantitative estimate of drug-likeness (QED) is 0.464. The van der Waals surface area contributed by atoms with Gasteiger partial charge in [-0.3, -0.25) is 4.79 Å². The van der Waals surface area contributed by atoms with E-state index in [9.17, 15) is 9.70 Å². The predicted octanol–water partition coefficient (Wildman–Crippen LogP) is -0.595. The van der Waals surface area contributed by atoms with Gasteiger partial charge in [-0.05, 0) is 0 Å². The molecule has 1 saturated heterocycles. The van der Waals surface area contributed by atoms with E-state index in [1.165, 1.54) is 0 Å². The van der Waals surface area contributed by atoms with Gasteiger partial charge in [0.05, 0.1) is 11.8 Å². The molecule has 0 aromatic carbocycles. The summed E-state index contributed by atoms with van der Waals surface area (Å²) in [7, 11) is 0. The SMILES string of the molecule is O=NN1CCC(=O)N1. The van der Waals surface area contributed by atoms with Gasteiger partial charge < -0.3 is 0 Å². The minimum atomic E-state index is -0.149. The molecule has 0 atom stereocenters. The second-order valence-corrected chi connectivity index (χ2v) is 1.49. The van der Waals surface area contributed by atoms with Crippen molar-refractivity contribution in [3.05, 3.63) is 4.91 Å². The number of nitrogens with zero attached hydrogens (tertiary/aromatic N) is 2. The predicted molar refractivity (Wildman–Crippen MR) is 25.3 cm³/mol. The third-order valence-corrected chi connectivity index (χ3v) is 0.903. The Balaban J connectivity index is 2.43. The zero-order chi connectivity index (χ0) is 5.98. The highest BCUT2D eigenvalue weighted by molar-refractivity contribution is 5.77. The normalized spacial score (nSPS) is 18.5. The van der Waals surface area contributed by atoms with Crippen molar-refractivity contribution in [2.24, 2.45) is 5.29 Å². The fourth-order valence-corrected chi connectivity index (χ4v) is 0.524. The molecule has 1 aliphatic heterocycles. The molecule has 1 aliphatic rings. The van der Waals surface area contributed by atoms with Crippen LogP contribution in [0.2, 0.25) is 0 Å². The number of hydrazine groups is 1. The molecule has 0 radical (unpaired) electrons. The van der Waals surface area contributed by atoms with Crippen LogP contribution in [0.5, 0.6) is 0 Å². The lowest BCUT2D eigenvalue weighted by Crippen LogP contribution is -2.27. The van der Waals surface area contributed by atoms with Crippen LogP contribution in [0, 0.1) is 4.91 Å². The first kappa shape index (κ1) is 5.02. The highest BCUT2D eigenvalue weighted by atomic mass is 16.3. The van der Waals surface area contributed by atoms with Gasteiger partial charge in [0, 0.05) is 6.42 Å². The second kappa shape index (κ2) is 1.77. The van der Waals surface area contributed by atoms with E-state index in [-0.39, 0.29) is 5.91 Å². The molecule has 8 heavy (non-hydrogen) atoms. The van der Waals surface area contributed by atoms with Crippen LogP contribution in [0.4, 0.5) is 0 Å². The zero-order valence-corrected chi connectivity index (χ0v) is 4.13. The molecule has 1 heterocycles. The van der Waals surface area contributed by atoms with Crippen molar-refractivity contribution in [1.29, 1.82) is 0 Å². The molecule has 0 aromatic rings. The first-order chi connectivity index (χ1) is 3.83. The van der Waals surface area contributed by atoms with Crippen molar-refractivity contribution in [2.45, 2.75) is 6.42 Å². The van der Waals surface area contributed by atoms with Gasteiger partial charge in [0.2, 0.25) is 5.91 Å². The van der Waals surface area contributed by atoms with Crippen LogP contribution in [0.1, 0.15) is 6.42 Å². The van der Waals surface area contributed by atoms with E-state index in [1.807, 2.05) is 0 Å². The van der Waals surface area contributed by atoms with Crippen LogP contribution >= 0.6 is 0 Å². The average molecular weight is 115 g/mol. The number of carbonyl (C=O) groups excluding carboxylic acids is 1. The summed E-state index contributed by atoms with van der Waals surface area (Å²) in [5.41, 5.74) is 2.22. The molecule has 1 amide bonds. The van der Waals surface area contributed by atoms with Crippen molar-refractivity contribution < 1.29 is 4.79 Å². The zero-order valence-electron chi connectivity index (χ0n) is 4.13. The maximum absolute atomic E-state index is 10.3. The minimum absolute atomic E-state index is 0.149. The lowest BCUT2D eigenvalue weighted by atomic mass is 10.5. The highest BCUT2D eigenvalue weighted by Gasteiger charge is 2.16. The molecule has 0 bridgehead atoms. The third-order valence-electron chi connectivity index (χ3n) is 0.903. The lowest BCUT2D eigenvalue weighted by molar-refractivity contribution is -0.121. The summed E-state index contributed by atoms with van der Waals surface area (Å²) in [5, 5.41) is 3.46. The number of nitrogens with one attached hydrogen (secondary N) is 1. The fourth-order valence-electron chi connectivity index (χ4n) is 0.524. The Bertz CT molecular complexity index is 124. The summed E-state index contributed by atoms with van der Waals surface area (Å²) in [5.74, 6) is -0.149. The number of hydrogen-bond acceptors (Lipinski definition) is 3. The standard InChI is InChI=1S/C3H5N3O2/c7-3-1-2-6(4-3)5-8/h1-2H2,(H,4,7). The van der Waals surface area contributed by atoms with E-state index in [0.717, 1.165) is 5.12 Å². The minimum Gasteiger partial charge on any atom is -0.273 e. The molecule has 5 heteroatoms. The number of carbonyl (C=O) groups is 1. The van der Waals surface area contributed by atoms with Gasteiger partial charge in [-0.15, -0.1) is 4.91 Å². The van der Waals surface area contributed by atoms with Crippen LogP contribution in [-0.2, 0) is 4.79 Å². The number of amides is 1. The van der Waals surface area contributed by atoms with E-state index in [0.29, 0.717) is 13.0 Å². The number of hydrogen-bond donors (Lipinski definition) is 1. The van der Waals surface area contributed by atoms with Gasteiger partial charge in [0.1, 0.15) is 0 Å². The Morgan fingerprint density at radius 2 is 2.50 bits per heavy atom. The van der Waals surface area contributed by atoms with Gasteiger partial charge in [-0.2, -0.15) is 5.12 Å². The molecule has 0 aromatic heterocycles. The van der Waals surface area contributed by atoms with Crippen molar-refractivity contribution in [3.63, 3.8) is 0 Å². The lowest BCUT2D eigenvalue weighted by Gasteiger charge is -2.01. The molecule has 1 rings (SSSR count). The van der Waals surface area contributed by atoms with Gasteiger partial charge in [0.15, 0.2) is 0 Å². The second-order valence-electron chi connectivity index (χ2n) is 1.49. The number of nitroso groups, excluding NO2 is 1.